The van der Waals surface area contributed by atoms with Gasteiger partial charge in [0.1, 0.15) is 0 Å². The van der Waals surface area contributed by atoms with Gasteiger partial charge in [-0.25, -0.2) is 4.79 Å². The lowest BCUT2D eigenvalue weighted by atomic mass is 10.0. The molecule has 4 heteroatoms. The molecule has 2 aromatic rings. The van der Waals surface area contributed by atoms with Gasteiger partial charge in [-0.2, -0.15) is 0 Å². The van der Waals surface area contributed by atoms with Crippen molar-refractivity contribution in [3.63, 3.8) is 0 Å². The first-order valence-electron chi connectivity index (χ1n) is 7.22. The lowest BCUT2D eigenvalue weighted by Gasteiger charge is -2.10. The highest BCUT2D eigenvalue weighted by atomic mass is 35.5. The van der Waals surface area contributed by atoms with E-state index in [1.165, 1.54) is 18.2 Å². The average molecular weight is 318 g/mol. The number of carbonyl (C=O) groups excluding carboxylic acids is 1. The minimum absolute atomic E-state index is 0.365. The van der Waals surface area contributed by atoms with Crippen LogP contribution in [-0.4, -0.2) is 13.1 Å². The van der Waals surface area contributed by atoms with Crippen molar-refractivity contribution in [2.24, 2.45) is 0 Å². The first-order valence-corrected chi connectivity index (χ1v) is 7.59. The lowest BCUT2D eigenvalue weighted by molar-refractivity contribution is 0.0601. The molecule has 22 heavy (non-hydrogen) atoms. The largest absolute Gasteiger partial charge is 0.465 e. The maximum Gasteiger partial charge on any atom is 0.339 e. The highest BCUT2D eigenvalue weighted by molar-refractivity contribution is 6.33. The van der Waals surface area contributed by atoms with Crippen LogP contribution in [0.3, 0.4) is 0 Å². The number of carbonyl (C=O) groups is 1. The second-order valence-corrected chi connectivity index (χ2v) is 5.84. The maximum atomic E-state index is 11.6. The molecule has 0 heterocycles. The molecule has 0 unspecified atom stereocenters. The standard InChI is InChI=1S/C18H20ClNO2/c1-12(2)14-6-4-13(5-7-14)11-20-15-8-9-17(19)16(10-15)18(21)22-3/h4-10,12,20H,11H2,1-3H3. The van der Waals surface area contributed by atoms with Crippen molar-refractivity contribution in [1.82, 2.24) is 0 Å². The Morgan fingerprint density at radius 1 is 1.18 bits per heavy atom. The maximum absolute atomic E-state index is 11.6. The Bertz CT molecular complexity index is 651. The molecule has 0 atom stereocenters. The molecule has 3 nitrogen and oxygen atoms in total. The number of hydrogen-bond donors (Lipinski definition) is 1. The van der Waals surface area contributed by atoms with Crippen LogP contribution in [0.5, 0.6) is 0 Å². The first-order chi connectivity index (χ1) is 10.5. The second-order valence-electron chi connectivity index (χ2n) is 5.44. The van der Waals surface area contributed by atoms with Crippen molar-refractivity contribution >= 4 is 23.3 Å². The molecular weight excluding hydrogens is 298 g/mol. The zero-order valence-electron chi connectivity index (χ0n) is 13.0. The SMILES string of the molecule is COC(=O)c1cc(NCc2ccc(C(C)C)cc2)ccc1Cl. The summed E-state index contributed by atoms with van der Waals surface area (Å²) in [5.41, 5.74) is 3.70. The van der Waals surface area contributed by atoms with Gasteiger partial charge in [-0.15, -0.1) is 0 Å². The molecule has 0 saturated heterocycles. The highest BCUT2D eigenvalue weighted by Crippen LogP contribution is 2.22. The number of benzene rings is 2. The van der Waals surface area contributed by atoms with Gasteiger partial charge in [-0.3, -0.25) is 0 Å². The monoisotopic (exact) mass is 317 g/mol. The van der Waals surface area contributed by atoms with Gasteiger partial charge in [0.2, 0.25) is 0 Å². The minimum atomic E-state index is -0.435. The molecule has 0 aliphatic heterocycles. The molecule has 0 amide bonds. The van der Waals surface area contributed by atoms with E-state index < -0.39 is 5.97 Å². The number of hydrogen-bond acceptors (Lipinski definition) is 3. The predicted molar refractivity (Wildman–Crippen MR) is 90.6 cm³/mol. The summed E-state index contributed by atoms with van der Waals surface area (Å²) in [5, 5.41) is 3.68. The summed E-state index contributed by atoms with van der Waals surface area (Å²) in [5.74, 6) is 0.0934. The molecule has 0 fully saturated rings. The third kappa shape index (κ3) is 4.01. The summed E-state index contributed by atoms with van der Waals surface area (Å²) in [6.45, 7) is 5.03. The molecule has 0 radical (unpaired) electrons. The number of esters is 1. The van der Waals surface area contributed by atoms with E-state index in [1.54, 1.807) is 12.1 Å². The third-order valence-corrected chi connectivity index (χ3v) is 3.84. The summed E-state index contributed by atoms with van der Waals surface area (Å²) < 4.78 is 4.72. The van der Waals surface area contributed by atoms with E-state index in [-0.39, 0.29) is 0 Å². The Balaban J connectivity index is 2.06. The van der Waals surface area contributed by atoms with Crippen LogP contribution in [0, 0.1) is 0 Å². The van der Waals surface area contributed by atoms with Gasteiger partial charge in [0.15, 0.2) is 0 Å². The molecule has 0 aromatic heterocycles. The van der Waals surface area contributed by atoms with Crippen LogP contribution in [0.15, 0.2) is 42.5 Å². The molecule has 116 valence electrons. The van der Waals surface area contributed by atoms with Crippen LogP contribution in [0.2, 0.25) is 5.02 Å². The summed E-state index contributed by atoms with van der Waals surface area (Å²) in [4.78, 5) is 11.6. The van der Waals surface area contributed by atoms with Crippen molar-refractivity contribution in [3.05, 3.63) is 64.2 Å². The van der Waals surface area contributed by atoms with Crippen LogP contribution in [0.25, 0.3) is 0 Å². The van der Waals surface area contributed by atoms with Gasteiger partial charge in [0.05, 0.1) is 17.7 Å². The smallest absolute Gasteiger partial charge is 0.339 e. The zero-order chi connectivity index (χ0) is 16.1. The first kappa shape index (κ1) is 16.4. The summed E-state index contributed by atoms with van der Waals surface area (Å²) >= 11 is 6.01. The molecule has 2 aromatic carbocycles. The Hall–Kier alpha value is -2.00. The van der Waals surface area contributed by atoms with E-state index in [2.05, 4.69) is 43.4 Å². The van der Waals surface area contributed by atoms with Crippen molar-refractivity contribution in [2.75, 3.05) is 12.4 Å². The molecule has 0 aliphatic carbocycles. The molecule has 1 N–H and O–H groups in total. The number of methoxy groups -OCH3 is 1. The van der Waals surface area contributed by atoms with E-state index in [9.17, 15) is 4.79 Å². The van der Waals surface area contributed by atoms with Crippen molar-refractivity contribution in [1.29, 1.82) is 0 Å². The molecule has 0 bridgehead atoms. The van der Waals surface area contributed by atoms with E-state index in [1.807, 2.05) is 6.07 Å². The van der Waals surface area contributed by atoms with Gasteiger partial charge in [0, 0.05) is 12.2 Å². The second kappa shape index (κ2) is 7.32. The molecule has 0 aliphatic rings. The fourth-order valence-electron chi connectivity index (χ4n) is 2.13. The zero-order valence-corrected chi connectivity index (χ0v) is 13.8. The Labute approximate surface area is 136 Å². The normalized spacial score (nSPS) is 10.6. The van der Waals surface area contributed by atoms with Crippen LogP contribution in [-0.2, 0) is 11.3 Å². The molecule has 0 saturated carbocycles. The number of nitrogens with one attached hydrogen (secondary N) is 1. The lowest BCUT2D eigenvalue weighted by Crippen LogP contribution is -2.05. The Kier molecular flexibility index (Phi) is 5.45. The third-order valence-electron chi connectivity index (χ3n) is 3.51. The number of halogens is 1. The Morgan fingerprint density at radius 3 is 2.45 bits per heavy atom. The van der Waals surface area contributed by atoms with Crippen molar-refractivity contribution < 1.29 is 9.53 Å². The highest BCUT2D eigenvalue weighted by Gasteiger charge is 2.11. The number of ether oxygens (including phenoxy) is 1. The van der Waals surface area contributed by atoms with Gasteiger partial charge in [-0.1, -0.05) is 49.7 Å². The van der Waals surface area contributed by atoms with E-state index >= 15 is 0 Å². The Morgan fingerprint density at radius 2 is 1.86 bits per heavy atom. The fourth-order valence-corrected chi connectivity index (χ4v) is 2.32. The molecular formula is C18H20ClNO2. The molecule has 0 spiro atoms. The summed E-state index contributed by atoms with van der Waals surface area (Å²) in [7, 11) is 1.34. The number of rotatable bonds is 5. The van der Waals surface area contributed by atoms with Crippen molar-refractivity contribution in [3.8, 4) is 0 Å². The quantitative estimate of drug-likeness (QED) is 0.800. The van der Waals surface area contributed by atoms with Crippen LogP contribution in [0.1, 0.15) is 41.3 Å². The minimum Gasteiger partial charge on any atom is -0.465 e. The van der Waals surface area contributed by atoms with E-state index in [0.29, 0.717) is 23.0 Å². The van der Waals surface area contributed by atoms with E-state index in [0.717, 1.165) is 5.69 Å². The van der Waals surface area contributed by atoms with Crippen LogP contribution >= 0.6 is 11.6 Å². The number of anilines is 1. The predicted octanol–water partition coefficient (Wildman–Crippen LogP) is 4.86. The van der Waals surface area contributed by atoms with Crippen LogP contribution in [0.4, 0.5) is 5.69 Å². The fraction of sp³-hybridized carbons (Fsp3) is 0.278. The average Bonchev–Trinajstić information content (AvgIpc) is 2.53. The summed E-state index contributed by atoms with van der Waals surface area (Å²) in [6, 6.07) is 13.7. The topological polar surface area (TPSA) is 38.3 Å². The summed E-state index contributed by atoms with van der Waals surface area (Å²) in [6.07, 6.45) is 0. The van der Waals surface area contributed by atoms with Gasteiger partial charge < -0.3 is 10.1 Å². The van der Waals surface area contributed by atoms with Crippen LogP contribution < -0.4 is 5.32 Å². The van der Waals surface area contributed by atoms with Gasteiger partial charge in [0.25, 0.3) is 0 Å². The van der Waals surface area contributed by atoms with Crippen molar-refractivity contribution in [2.45, 2.75) is 26.3 Å². The molecule has 2 rings (SSSR count). The van der Waals surface area contributed by atoms with Gasteiger partial charge >= 0.3 is 5.97 Å². The van der Waals surface area contributed by atoms with E-state index in [4.69, 9.17) is 16.3 Å². The van der Waals surface area contributed by atoms with Gasteiger partial charge in [-0.05, 0) is 35.2 Å².